The summed E-state index contributed by atoms with van der Waals surface area (Å²) in [6.45, 7) is 0. The highest BCUT2D eigenvalue weighted by atomic mass is 32.2. The molecule has 4 rings (SSSR count). The van der Waals surface area contributed by atoms with Gasteiger partial charge in [0.05, 0.1) is 21.1 Å². The summed E-state index contributed by atoms with van der Waals surface area (Å²) in [5.41, 5.74) is 0.733. The molecule has 0 aliphatic carbocycles. The third-order valence-corrected chi connectivity index (χ3v) is 5.16. The second-order valence-electron chi connectivity index (χ2n) is 6.31. The number of nitrogens with one attached hydrogen (secondary N) is 1. The number of aromatic carboxylic acids is 1. The second kappa shape index (κ2) is 8.28. The van der Waals surface area contributed by atoms with Crippen LogP contribution in [-0.2, 0) is 4.79 Å². The molecule has 0 unspecified atom stereocenters. The summed E-state index contributed by atoms with van der Waals surface area (Å²) in [7, 11) is 0. The molecule has 1 aromatic heterocycles. The summed E-state index contributed by atoms with van der Waals surface area (Å²) in [6, 6.07) is 15.6. The predicted octanol–water partition coefficient (Wildman–Crippen LogP) is 4.44. The number of carboxylic acid groups (broad SMARTS) is 1. The van der Waals surface area contributed by atoms with Gasteiger partial charge in [-0.2, -0.15) is 0 Å². The molecule has 9 nitrogen and oxygen atoms in total. The van der Waals surface area contributed by atoms with E-state index in [9.17, 15) is 24.8 Å². The Balaban J connectivity index is 1.57. The number of benzene rings is 2. The van der Waals surface area contributed by atoms with Gasteiger partial charge >= 0.3 is 5.97 Å². The molecular weight excluding hydrogens is 422 g/mol. The fourth-order valence-electron chi connectivity index (χ4n) is 2.83. The molecule has 154 valence electrons. The Morgan fingerprint density at radius 1 is 1.16 bits per heavy atom. The average molecular weight is 435 g/mol. The van der Waals surface area contributed by atoms with Crippen molar-refractivity contribution in [1.82, 2.24) is 5.32 Å². The molecular formula is C21H13N3O6S. The third-order valence-electron chi connectivity index (χ3n) is 4.25. The Kier molecular flexibility index (Phi) is 5.37. The molecule has 1 aliphatic rings. The van der Waals surface area contributed by atoms with Crippen molar-refractivity contribution in [2.45, 2.75) is 0 Å². The first-order chi connectivity index (χ1) is 14.9. The number of hydrogen-bond acceptors (Lipinski definition) is 7. The Morgan fingerprint density at radius 3 is 2.74 bits per heavy atom. The number of amides is 1. The van der Waals surface area contributed by atoms with Crippen LogP contribution in [0.1, 0.15) is 16.1 Å². The number of thioether (sulfide) groups is 1. The number of amidine groups is 1. The first kappa shape index (κ1) is 20.1. The van der Waals surface area contributed by atoms with Crippen LogP contribution in [0, 0.1) is 10.1 Å². The molecule has 0 bridgehead atoms. The molecule has 0 saturated carbocycles. The summed E-state index contributed by atoms with van der Waals surface area (Å²) in [6.07, 6.45) is 1.52. The van der Waals surface area contributed by atoms with Gasteiger partial charge in [-0.05, 0) is 36.0 Å². The maximum atomic E-state index is 12.3. The van der Waals surface area contributed by atoms with Gasteiger partial charge in [-0.3, -0.25) is 14.9 Å². The van der Waals surface area contributed by atoms with E-state index in [4.69, 9.17) is 4.42 Å². The molecule has 1 fully saturated rings. The number of non-ortho nitro benzene ring substituents is 1. The smallest absolute Gasteiger partial charge is 0.337 e. The second-order valence-corrected chi connectivity index (χ2v) is 7.34. The van der Waals surface area contributed by atoms with Gasteiger partial charge in [0.15, 0.2) is 5.17 Å². The van der Waals surface area contributed by atoms with Gasteiger partial charge in [-0.15, -0.1) is 0 Å². The molecule has 1 amide bonds. The van der Waals surface area contributed by atoms with Crippen LogP contribution in [0.5, 0.6) is 0 Å². The van der Waals surface area contributed by atoms with Crippen LogP contribution in [0.3, 0.4) is 0 Å². The normalized spacial score (nSPS) is 15.9. The van der Waals surface area contributed by atoms with Crippen molar-refractivity contribution in [2.24, 2.45) is 4.99 Å². The molecule has 0 spiro atoms. The van der Waals surface area contributed by atoms with Crippen molar-refractivity contribution < 1.29 is 24.0 Å². The molecule has 0 radical (unpaired) electrons. The largest absolute Gasteiger partial charge is 0.478 e. The highest BCUT2D eigenvalue weighted by Gasteiger charge is 2.25. The minimum absolute atomic E-state index is 0.0231. The monoisotopic (exact) mass is 435 g/mol. The number of hydrogen-bond donors (Lipinski definition) is 2. The van der Waals surface area contributed by atoms with Crippen molar-refractivity contribution in [2.75, 3.05) is 0 Å². The summed E-state index contributed by atoms with van der Waals surface area (Å²) >= 11 is 1.05. The van der Waals surface area contributed by atoms with Gasteiger partial charge in [0.2, 0.25) is 0 Å². The SMILES string of the molecule is O=C1NC(=Nc2ccccc2C(=O)O)SC1=Cc1ccc(-c2cccc([N+](=O)[O-])c2)o1. The summed E-state index contributed by atoms with van der Waals surface area (Å²) in [5.74, 6) is -0.714. The van der Waals surface area contributed by atoms with E-state index in [2.05, 4.69) is 10.3 Å². The van der Waals surface area contributed by atoms with Crippen molar-refractivity contribution >= 4 is 46.3 Å². The Morgan fingerprint density at radius 2 is 1.97 bits per heavy atom. The lowest BCUT2D eigenvalue weighted by atomic mass is 10.1. The number of furan rings is 1. The van der Waals surface area contributed by atoms with Crippen LogP contribution in [-0.4, -0.2) is 27.1 Å². The average Bonchev–Trinajstić information content (AvgIpc) is 3.35. The van der Waals surface area contributed by atoms with Crippen LogP contribution < -0.4 is 5.32 Å². The number of para-hydroxylation sites is 1. The highest BCUT2D eigenvalue weighted by Crippen LogP contribution is 2.31. The number of carbonyl (C=O) groups is 2. The fourth-order valence-corrected chi connectivity index (χ4v) is 3.64. The molecule has 1 aliphatic heterocycles. The standard InChI is InChI=1S/C21H13N3O6S/c25-19-18(31-21(23-19)22-16-7-2-1-6-15(16)20(26)27)11-14-8-9-17(30-14)12-4-3-5-13(10-12)24(28)29/h1-11H,(H,26,27)(H,22,23,25). The van der Waals surface area contributed by atoms with E-state index in [1.165, 1.54) is 24.3 Å². The lowest BCUT2D eigenvalue weighted by Gasteiger charge is -2.00. The quantitative estimate of drug-likeness (QED) is 0.343. The van der Waals surface area contributed by atoms with Gasteiger partial charge in [0, 0.05) is 23.8 Å². The summed E-state index contributed by atoms with van der Waals surface area (Å²) in [5, 5.41) is 23.0. The first-order valence-electron chi connectivity index (χ1n) is 8.87. The van der Waals surface area contributed by atoms with E-state index >= 15 is 0 Å². The van der Waals surface area contributed by atoms with Crippen molar-refractivity contribution in [3.63, 3.8) is 0 Å². The van der Waals surface area contributed by atoms with Crippen molar-refractivity contribution in [3.8, 4) is 11.3 Å². The van der Waals surface area contributed by atoms with Crippen LogP contribution in [0.4, 0.5) is 11.4 Å². The molecule has 0 atom stereocenters. The lowest BCUT2D eigenvalue weighted by molar-refractivity contribution is -0.384. The van der Waals surface area contributed by atoms with E-state index in [0.29, 0.717) is 22.0 Å². The van der Waals surface area contributed by atoms with Crippen LogP contribution in [0.25, 0.3) is 17.4 Å². The van der Waals surface area contributed by atoms with Gasteiger partial charge in [-0.1, -0.05) is 24.3 Å². The Bertz CT molecular complexity index is 1280. The van der Waals surface area contributed by atoms with Crippen molar-refractivity contribution in [1.29, 1.82) is 0 Å². The minimum Gasteiger partial charge on any atom is -0.478 e. The zero-order valence-corrected chi connectivity index (χ0v) is 16.5. The number of nitro groups is 1. The number of carbonyl (C=O) groups excluding carboxylic acids is 1. The Labute approximate surface area is 179 Å². The Hall–Kier alpha value is -4.18. The molecule has 31 heavy (non-hydrogen) atoms. The molecule has 1 saturated heterocycles. The van der Waals surface area contributed by atoms with Crippen molar-refractivity contribution in [3.05, 3.63) is 87.0 Å². The zero-order valence-electron chi connectivity index (χ0n) is 15.6. The maximum absolute atomic E-state index is 12.3. The number of nitrogens with zero attached hydrogens (tertiary/aromatic N) is 2. The van der Waals surface area contributed by atoms with Crippen LogP contribution in [0.2, 0.25) is 0 Å². The van der Waals surface area contributed by atoms with E-state index in [0.717, 1.165) is 11.8 Å². The lowest BCUT2D eigenvalue weighted by Crippen LogP contribution is -2.19. The number of carboxylic acids is 1. The van der Waals surface area contributed by atoms with E-state index in [1.807, 2.05) is 0 Å². The summed E-state index contributed by atoms with van der Waals surface area (Å²) in [4.78, 5) is 38.6. The van der Waals surface area contributed by atoms with Gasteiger partial charge in [-0.25, -0.2) is 9.79 Å². The molecule has 2 aromatic carbocycles. The van der Waals surface area contributed by atoms with Gasteiger partial charge in [0.25, 0.3) is 11.6 Å². The zero-order chi connectivity index (χ0) is 22.0. The van der Waals surface area contributed by atoms with E-state index < -0.39 is 16.8 Å². The fraction of sp³-hybridized carbons (Fsp3) is 0. The van der Waals surface area contributed by atoms with E-state index in [-0.39, 0.29) is 22.1 Å². The predicted molar refractivity (Wildman–Crippen MR) is 115 cm³/mol. The molecule has 2 heterocycles. The highest BCUT2D eigenvalue weighted by molar-refractivity contribution is 8.18. The molecule has 3 aromatic rings. The number of rotatable bonds is 5. The van der Waals surface area contributed by atoms with Gasteiger partial charge < -0.3 is 14.8 Å². The van der Waals surface area contributed by atoms with Gasteiger partial charge in [0.1, 0.15) is 11.5 Å². The third kappa shape index (κ3) is 4.38. The maximum Gasteiger partial charge on any atom is 0.337 e. The number of nitro benzene ring substituents is 1. The minimum atomic E-state index is -1.12. The van der Waals surface area contributed by atoms with E-state index in [1.54, 1.807) is 42.5 Å². The first-order valence-corrected chi connectivity index (χ1v) is 9.69. The molecule has 2 N–H and O–H groups in total. The topological polar surface area (TPSA) is 135 Å². The van der Waals surface area contributed by atoms with Crippen LogP contribution >= 0.6 is 11.8 Å². The van der Waals surface area contributed by atoms with Crippen LogP contribution in [0.15, 0.2) is 75.0 Å². The summed E-state index contributed by atoms with van der Waals surface area (Å²) < 4.78 is 5.71. The molecule has 10 heteroatoms. The number of aliphatic imine (C=N–C) groups is 1.